The normalized spacial score (nSPS) is 15.8. The molecule has 1 aromatic carbocycles. The van der Waals surface area contributed by atoms with Crippen molar-refractivity contribution in [2.45, 2.75) is 51.8 Å². The molecular formula is C17H27NO3. The number of nitrogens with one attached hydrogen (secondary N) is 1. The third-order valence-electron chi connectivity index (χ3n) is 3.55. The second-order valence-corrected chi connectivity index (χ2v) is 5.63. The molecule has 1 N–H and O–H groups in total. The third-order valence-corrected chi connectivity index (χ3v) is 3.55. The van der Waals surface area contributed by atoms with E-state index in [1.54, 1.807) is 7.11 Å². The van der Waals surface area contributed by atoms with E-state index in [2.05, 4.69) is 18.3 Å². The molecule has 0 radical (unpaired) electrons. The predicted octanol–water partition coefficient (Wildman–Crippen LogP) is 3.14. The average molecular weight is 293 g/mol. The van der Waals surface area contributed by atoms with Gasteiger partial charge >= 0.3 is 0 Å². The van der Waals surface area contributed by atoms with E-state index in [4.69, 9.17) is 14.2 Å². The van der Waals surface area contributed by atoms with Gasteiger partial charge in [-0.1, -0.05) is 13.0 Å². The van der Waals surface area contributed by atoms with Crippen molar-refractivity contribution in [3.63, 3.8) is 0 Å². The molecule has 2 rings (SSSR count). The summed E-state index contributed by atoms with van der Waals surface area (Å²) in [5, 5.41) is 3.53. The van der Waals surface area contributed by atoms with E-state index in [0.29, 0.717) is 12.6 Å². The van der Waals surface area contributed by atoms with E-state index in [-0.39, 0.29) is 6.10 Å². The van der Waals surface area contributed by atoms with Crippen molar-refractivity contribution in [3.05, 3.63) is 23.8 Å². The van der Waals surface area contributed by atoms with Gasteiger partial charge < -0.3 is 19.5 Å². The van der Waals surface area contributed by atoms with Crippen LogP contribution in [0, 0.1) is 0 Å². The molecule has 1 aromatic rings. The SMILES string of the molecule is CCCOc1ccc(CNC2CC2)c(OCC(C)OC)c1. The zero-order valence-corrected chi connectivity index (χ0v) is 13.4. The Kier molecular flexibility index (Phi) is 6.33. The van der Waals surface area contributed by atoms with Crippen molar-refractivity contribution >= 4 is 0 Å². The van der Waals surface area contributed by atoms with Gasteiger partial charge in [0.05, 0.1) is 12.7 Å². The standard InChI is InChI=1S/C17H27NO3/c1-4-9-20-16-8-5-14(11-18-15-6-7-15)17(10-16)21-12-13(2)19-3/h5,8,10,13,15,18H,4,6-7,9,11-12H2,1-3H3. The van der Waals surface area contributed by atoms with E-state index in [1.165, 1.54) is 18.4 Å². The fourth-order valence-corrected chi connectivity index (χ4v) is 1.94. The van der Waals surface area contributed by atoms with Gasteiger partial charge in [-0.05, 0) is 32.3 Å². The Bertz CT molecular complexity index is 432. The highest BCUT2D eigenvalue weighted by Crippen LogP contribution is 2.27. The van der Waals surface area contributed by atoms with Crippen LogP contribution in [0.1, 0.15) is 38.7 Å². The molecule has 1 aliphatic carbocycles. The summed E-state index contributed by atoms with van der Waals surface area (Å²) in [5.74, 6) is 1.76. The average Bonchev–Trinajstić information content (AvgIpc) is 3.33. The first-order chi connectivity index (χ1) is 10.2. The number of rotatable bonds is 10. The summed E-state index contributed by atoms with van der Waals surface area (Å²) in [6, 6.07) is 6.79. The molecule has 21 heavy (non-hydrogen) atoms. The molecule has 1 atom stereocenters. The van der Waals surface area contributed by atoms with Crippen LogP contribution >= 0.6 is 0 Å². The second kappa shape index (κ2) is 8.25. The lowest BCUT2D eigenvalue weighted by Gasteiger charge is -2.16. The van der Waals surface area contributed by atoms with E-state index < -0.39 is 0 Å². The minimum absolute atomic E-state index is 0.0782. The first-order valence-electron chi connectivity index (χ1n) is 7.87. The van der Waals surface area contributed by atoms with Crippen LogP contribution in [0.2, 0.25) is 0 Å². The van der Waals surface area contributed by atoms with Gasteiger partial charge in [-0.3, -0.25) is 0 Å². The van der Waals surface area contributed by atoms with Gasteiger partial charge in [-0.2, -0.15) is 0 Å². The van der Waals surface area contributed by atoms with Gasteiger partial charge in [0.2, 0.25) is 0 Å². The van der Waals surface area contributed by atoms with Crippen molar-refractivity contribution in [3.8, 4) is 11.5 Å². The molecule has 0 amide bonds. The highest BCUT2D eigenvalue weighted by atomic mass is 16.5. The quantitative estimate of drug-likeness (QED) is 0.719. The minimum atomic E-state index is 0.0782. The molecule has 1 fully saturated rings. The largest absolute Gasteiger partial charge is 0.493 e. The van der Waals surface area contributed by atoms with Gasteiger partial charge in [0.1, 0.15) is 18.1 Å². The summed E-state index contributed by atoms with van der Waals surface area (Å²) in [7, 11) is 1.70. The van der Waals surface area contributed by atoms with E-state index in [9.17, 15) is 0 Å². The first-order valence-corrected chi connectivity index (χ1v) is 7.87. The Hall–Kier alpha value is -1.26. The summed E-state index contributed by atoms with van der Waals surface area (Å²) in [4.78, 5) is 0. The molecule has 0 aromatic heterocycles. The Morgan fingerprint density at radius 1 is 1.29 bits per heavy atom. The molecular weight excluding hydrogens is 266 g/mol. The summed E-state index contributed by atoms with van der Waals surface area (Å²) in [6.45, 7) is 6.22. The summed E-state index contributed by atoms with van der Waals surface area (Å²) >= 11 is 0. The van der Waals surface area contributed by atoms with Crippen LogP contribution in [0.15, 0.2) is 18.2 Å². The fraction of sp³-hybridized carbons (Fsp3) is 0.647. The predicted molar refractivity (Wildman–Crippen MR) is 84.1 cm³/mol. The molecule has 0 bridgehead atoms. The van der Waals surface area contributed by atoms with Crippen LogP contribution in [0.4, 0.5) is 0 Å². The van der Waals surface area contributed by atoms with E-state index in [1.807, 2.05) is 19.1 Å². The van der Waals surface area contributed by atoms with Crippen LogP contribution < -0.4 is 14.8 Å². The topological polar surface area (TPSA) is 39.7 Å². The number of benzene rings is 1. The Labute approximate surface area is 127 Å². The molecule has 0 heterocycles. The smallest absolute Gasteiger partial charge is 0.127 e. The maximum absolute atomic E-state index is 5.92. The van der Waals surface area contributed by atoms with Crippen molar-refractivity contribution in [2.75, 3.05) is 20.3 Å². The van der Waals surface area contributed by atoms with Crippen LogP contribution in [0.5, 0.6) is 11.5 Å². The van der Waals surface area contributed by atoms with Crippen molar-refractivity contribution in [2.24, 2.45) is 0 Å². The molecule has 118 valence electrons. The molecule has 1 aliphatic rings. The van der Waals surface area contributed by atoms with Crippen LogP contribution in [0.25, 0.3) is 0 Å². The molecule has 4 nitrogen and oxygen atoms in total. The molecule has 4 heteroatoms. The lowest BCUT2D eigenvalue weighted by Crippen LogP contribution is -2.19. The molecule has 0 saturated heterocycles. The lowest BCUT2D eigenvalue weighted by molar-refractivity contribution is 0.0711. The number of methoxy groups -OCH3 is 1. The van der Waals surface area contributed by atoms with Gasteiger partial charge in [0.15, 0.2) is 0 Å². The van der Waals surface area contributed by atoms with Crippen molar-refractivity contribution in [1.82, 2.24) is 5.32 Å². The Morgan fingerprint density at radius 2 is 2.10 bits per heavy atom. The van der Waals surface area contributed by atoms with Gasteiger partial charge in [-0.25, -0.2) is 0 Å². The highest BCUT2D eigenvalue weighted by molar-refractivity contribution is 5.41. The maximum Gasteiger partial charge on any atom is 0.127 e. The van der Waals surface area contributed by atoms with Crippen LogP contribution in [0.3, 0.4) is 0 Å². The zero-order valence-electron chi connectivity index (χ0n) is 13.4. The highest BCUT2D eigenvalue weighted by Gasteiger charge is 2.20. The van der Waals surface area contributed by atoms with E-state index in [0.717, 1.165) is 31.1 Å². The molecule has 1 unspecified atom stereocenters. The number of hydrogen-bond acceptors (Lipinski definition) is 4. The zero-order chi connectivity index (χ0) is 15.1. The monoisotopic (exact) mass is 293 g/mol. The van der Waals surface area contributed by atoms with E-state index >= 15 is 0 Å². The molecule has 0 aliphatic heterocycles. The van der Waals surface area contributed by atoms with Gasteiger partial charge in [-0.15, -0.1) is 0 Å². The second-order valence-electron chi connectivity index (χ2n) is 5.63. The van der Waals surface area contributed by atoms with Crippen LogP contribution in [-0.4, -0.2) is 32.5 Å². The molecule has 0 spiro atoms. The summed E-state index contributed by atoms with van der Waals surface area (Å²) in [5.41, 5.74) is 1.18. The lowest BCUT2D eigenvalue weighted by atomic mass is 10.2. The van der Waals surface area contributed by atoms with Gasteiger partial charge in [0, 0.05) is 31.3 Å². The summed E-state index contributed by atoms with van der Waals surface area (Å²) < 4.78 is 16.9. The van der Waals surface area contributed by atoms with Crippen LogP contribution in [-0.2, 0) is 11.3 Å². The third kappa shape index (κ3) is 5.56. The number of hydrogen-bond donors (Lipinski definition) is 1. The molecule has 1 saturated carbocycles. The minimum Gasteiger partial charge on any atom is -0.493 e. The first kappa shape index (κ1) is 16.1. The Balaban J connectivity index is 2.01. The maximum atomic E-state index is 5.92. The fourth-order valence-electron chi connectivity index (χ4n) is 1.94. The van der Waals surface area contributed by atoms with Crippen molar-refractivity contribution in [1.29, 1.82) is 0 Å². The summed E-state index contributed by atoms with van der Waals surface area (Å²) in [6.07, 6.45) is 3.65. The number of ether oxygens (including phenoxy) is 3. The van der Waals surface area contributed by atoms with Crippen molar-refractivity contribution < 1.29 is 14.2 Å². The van der Waals surface area contributed by atoms with Gasteiger partial charge in [0.25, 0.3) is 0 Å². The Morgan fingerprint density at radius 3 is 2.76 bits per heavy atom.